The Bertz CT molecular complexity index is 341. The molecule has 3 heteroatoms. The highest BCUT2D eigenvalue weighted by atomic mass is 35.5. The van der Waals surface area contributed by atoms with Gasteiger partial charge in [-0.2, -0.15) is 0 Å². The number of benzene rings is 1. The second-order valence-corrected chi connectivity index (χ2v) is 4.70. The molecule has 1 rings (SSSR count). The summed E-state index contributed by atoms with van der Waals surface area (Å²) in [5, 5.41) is 9.96. The van der Waals surface area contributed by atoms with Crippen LogP contribution in [0.15, 0.2) is 18.2 Å². The summed E-state index contributed by atoms with van der Waals surface area (Å²) in [5.41, 5.74) is 1.84. The maximum atomic E-state index is 9.33. The summed E-state index contributed by atoms with van der Waals surface area (Å²) in [6, 6.07) is 5.73. The van der Waals surface area contributed by atoms with Crippen LogP contribution >= 0.6 is 11.6 Å². The molecule has 0 radical (unpaired) electrons. The van der Waals surface area contributed by atoms with Crippen molar-refractivity contribution < 1.29 is 5.11 Å². The Morgan fingerprint density at radius 2 is 2.12 bits per heavy atom. The van der Waals surface area contributed by atoms with Crippen LogP contribution < -0.4 is 4.90 Å². The molecule has 0 amide bonds. The first-order valence-corrected chi connectivity index (χ1v) is 6.07. The molecule has 0 aliphatic heterocycles. The van der Waals surface area contributed by atoms with Gasteiger partial charge in [0.15, 0.2) is 0 Å². The third-order valence-electron chi connectivity index (χ3n) is 2.95. The average molecular weight is 242 g/mol. The fraction of sp³-hybridized carbons (Fsp3) is 0.538. The van der Waals surface area contributed by atoms with Crippen molar-refractivity contribution in [2.24, 2.45) is 5.92 Å². The van der Waals surface area contributed by atoms with Crippen LogP contribution in [-0.2, 0) is 6.61 Å². The Balaban J connectivity index is 2.90. The summed E-state index contributed by atoms with van der Waals surface area (Å²) in [5.74, 6) is 0.635. The van der Waals surface area contributed by atoms with E-state index >= 15 is 0 Å². The van der Waals surface area contributed by atoms with E-state index in [2.05, 4.69) is 18.7 Å². The Hall–Kier alpha value is -0.730. The van der Waals surface area contributed by atoms with E-state index in [9.17, 15) is 5.11 Å². The molecule has 0 saturated carbocycles. The van der Waals surface area contributed by atoms with E-state index < -0.39 is 0 Å². The van der Waals surface area contributed by atoms with Crippen LogP contribution in [0.5, 0.6) is 0 Å². The van der Waals surface area contributed by atoms with Crippen molar-refractivity contribution in [3.8, 4) is 0 Å². The Labute approximate surface area is 103 Å². The maximum absolute atomic E-state index is 9.33. The lowest BCUT2D eigenvalue weighted by atomic mass is 10.1. The summed E-state index contributed by atoms with van der Waals surface area (Å²) in [6.45, 7) is 5.37. The predicted molar refractivity (Wildman–Crippen MR) is 70.1 cm³/mol. The largest absolute Gasteiger partial charge is 0.392 e. The lowest BCUT2D eigenvalue weighted by Gasteiger charge is -2.25. The second kappa shape index (κ2) is 6.12. The van der Waals surface area contributed by atoms with Gasteiger partial charge < -0.3 is 10.0 Å². The average Bonchev–Trinajstić information content (AvgIpc) is 2.28. The Morgan fingerprint density at radius 3 is 2.69 bits per heavy atom. The van der Waals surface area contributed by atoms with Crippen molar-refractivity contribution in [2.45, 2.75) is 26.9 Å². The molecule has 1 atom stereocenters. The fourth-order valence-electron chi connectivity index (χ4n) is 1.76. The molecule has 1 aromatic rings. The van der Waals surface area contributed by atoms with E-state index in [1.54, 1.807) is 0 Å². The molecule has 90 valence electrons. The Morgan fingerprint density at radius 1 is 1.44 bits per heavy atom. The van der Waals surface area contributed by atoms with Gasteiger partial charge in [0.2, 0.25) is 0 Å². The lowest BCUT2D eigenvalue weighted by molar-refractivity contribution is 0.282. The van der Waals surface area contributed by atoms with E-state index in [1.165, 1.54) is 0 Å². The SMILES string of the molecule is CCC(C)CN(C)c1cccc(Cl)c1CO. The first-order chi connectivity index (χ1) is 7.60. The zero-order valence-electron chi connectivity index (χ0n) is 10.2. The van der Waals surface area contributed by atoms with Gasteiger partial charge in [0, 0.05) is 29.9 Å². The first kappa shape index (κ1) is 13.3. The minimum atomic E-state index is -0.0140. The summed E-state index contributed by atoms with van der Waals surface area (Å²) >= 11 is 6.06. The number of aliphatic hydroxyl groups excluding tert-OH is 1. The van der Waals surface area contributed by atoms with Gasteiger partial charge in [-0.25, -0.2) is 0 Å². The normalized spacial score (nSPS) is 12.6. The molecule has 16 heavy (non-hydrogen) atoms. The molecule has 2 nitrogen and oxygen atoms in total. The third-order valence-corrected chi connectivity index (χ3v) is 3.30. The monoisotopic (exact) mass is 241 g/mol. The molecule has 1 N–H and O–H groups in total. The van der Waals surface area contributed by atoms with Crippen LogP contribution in [0.1, 0.15) is 25.8 Å². The molecule has 0 bridgehead atoms. The van der Waals surface area contributed by atoms with Crippen LogP contribution in [-0.4, -0.2) is 18.7 Å². The van der Waals surface area contributed by atoms with E-state index in [1.807, 2.05) is 25.2 Å². The molecular weight excluding hydrogens is 222 g/mol. The van der Waals surface area contributed by atoms with Gasteiger partial charge in [-0.15, -0.1) is 0 Å². The van der Waals surface area contributed by atoms with Crippen LogP contribution in [0.4, 0.5) is 5.69 Å². The summed E-state index contributed by atoms with van der Waals surface area (Å²) < 4.78 is 0. The predicted octanol–water partition coefficient (Wildman–Crippen LogP) is 3.31. The van der Waals surface area contributed by atoms with Crippen LogP contribution in [0.3, 0.4) is 0 Å². The number of anilines is 1. The highest BCUT2D eigenvalue weighted by Crippen LogP contribution is 2.27. The van der Waals surface area contributed by atoms with Crippen molar-refractivity contribution in [3.05, 3.63) is 28.8 Å². The van der Waals surface area contributed by atoms with Crippen molar-refractivity contribution in [1.82, 2.24) is 0 Å². The van der Waals surface area contributed by atoms with Gasteiger partial charge >= 0.3 is 0 Å². The zero-order chi connectivity index (χ0) is 12.1. The van der Waals surface area contributed by atoms with E-state index in [0.29, 0.717) is 10.9 Å². The van der Waals surface area contributed by atoms with Crippen molar-refractivity contribution >= 4 is 17.3 Å². The number of hydrogen-bond donors (Lipinski definition) is 1. The third kappa shape index (κ3) is 3.13. The van der Waals surface area contributed by atoms with Gasteiger partial charge in [-0.1, -0.05) is 37.9 Å². The summed E-state index contributed by atoms with van der Waals surface area (Å²) in [4.78, 5) is 2.16. The molecule has 0 heterocycles. The number of hydrogen-bond acceptors (Lipinski definition) is 2. The van der Waals surface area contributed by atoms with E-state index in [0.717, 1.165) is 24.2 Å². The molecule has 1 aromatic carbocycles. The van der Waals surface area contributed by atoms with Gasteiger partial charge in [-0.05, 0) is 18.1 Å². The molecule has 0 aromatic heterocycles. The molecule has 1 unspecified atom stereocenters. The summed E-state index contributed by atoms with van der Waals surface area (Å²) in [6.07, 6.45) is 1.15. The maximum Gasteiger partial charge on any atom is 0.0716 e. The van der Waals surface area contributed by atoms with Gasteiger partial charge in [0.05, 0.1) is 6.61 Å². The van der Waals surface area contributed by atoms with Crippen molar-refractivity contribution in [2.75, 3.05) is 18.5 Å². The van der Waals surface area contributed by atoms with Gasteiger partial charge in [0.1, 0.15) is 0 Å². The van der Waals surface area contributed by atoms with E-state index in [4.69, 9.17) is 11.6 Å². The highest BCUT2D eigenvalue weighted by Gasteiger charge is 2.11. The highest BCUT2D eigenvalue weighted by molar-refractivity contribution is 6.31. The minimum absolute atomic E-state index is 0.0140. The van der Waals surface area contributed by atoms with Gasteiger partial charge in [-0.3, -0.25) is 0 Å². The van der Waals surface area contributed by atoms with Crippen LogP contribution in [0, 0.1) is 5.92 Å². The first-order valence-electron chi connectivity index (χ1n) is 5.69. The lowest BCUT2D eigenvalue weighted by Crippen LogP contribution is -2.24. The summed E-state index contributed by atoms with van der Waals surface area (Å²) in [7, 11) is 2.04. The smallest absolute Gasteiger partial charge is 0.0716 e. The van der Waals surface area contributed by atoms with Crippen molar-refractivity contribution in [1.29, 1.82) is 0 Å². The number of halogens is 1. The standard InChI is InChI=1S/C13H20ClNO/c1-4-10(2)8-15(3)13-7-5-6-12(14)11(13)9-16/h5-7,10,16H,4,8-9H2,1-3H3. The van der Waals surface area contributed by atoms with E-state index in [-0.39, 0.29) is 6.61 Å². The van der Waals surface area contributed by atoms with Crippen molar-refractivity contribution in [3.63, 3.8) is 0 Å². The molecule has 0 saturated heterocycles. The molecule has 0 aliphatic carbocycles. The number of rotatable bonds is 5. The minimum Gasteiger partial charge on any atom is -0.392 e. The quantitative estimate of drug-likeness (QED) is 0.855. The van der Waals surface area contributed by atoms with Gasteiger partial charge in [0.25, 0.3) is 0 Å². The number of aliphatic hydroxyl groups is 1. The molecule has 0 aliphatic rings. The Kier molecular flexibility index (Phi) is 5.10. The second-order valence-electron chi connectivity index (χ2n) is 4.29. The molecule has 0 fully saturated rings. The van der Waals surface area contributed by atoms with Crippen LogP contribution in [0.2, 0.25) is 5.02 Å². The topological polar surface area (TPSA) is 23.5 Å². The molecule has 0 spiro atoms. The van der Waals surface area contributed by atoms with Crippen LogP contribution in [0.25, 0.3) is 0 Å². The molecular formula is C13H20ClNO. The number of nitrogens with zero attached hydrogens (tertiary/aromatic N) is 1. The zero-order valence-corrected chi connectivity index (χ0v) is 11.0. The fourth-order valence-corrected chi connectivity index (χ4v) is 1.99.